The number of nitriles is 1. The van der Waals surface area contributed by atoms with Crippen LogP contribution in [-0.2, 0) is 19.4 Å². The second-order valence-corrected chi connectivity index (χ2v) is 5.68. The molecule has 0 bridgehead atoms. The van der Waals surface area contributed by atoms with Crippen LogP contribution >= 0.6 is 0 Å². The van der Waals surface area contributed by atoms with Gasteiger partial charge in [-0.05, 0) is 37.1 Å². The molecular formula is C18H18N4O. The average Bonchev–Trinajstić information content (AvgIpc) is 2.60. The van der Waals surface area contributed by atoms with E-state index in [0.717, 1.165) is 36.6 Å². The van der Waals surface area contributed by atoms with Gasteiger partial charge in [-0.2, -0.15) is 5.26 Å². The van der Waals surface area contributed by atoms with Crippen LogP contribution in [0.2, 0.25) is 0 Å². The maximum absolute atomic E-state index is 11.6. The van der Waals surface area contributed by atoms with Crippen LogP contribution < -0.4 is 4.90 Å². The number of aromatic nitrogens is 2. The third-order valence-electron chi connectivity index (χ3n) is 4.18. The van der Waals surface area contributed by atoms with Gasteiger partial charge in [0.15, 0.2) is 5.78 Å². The van der Waals surface area contributed by atoms with E-state index in [-0.39, 0.29) is 5.78 Å². The number of nitrogens with zero attached hydrogens (tertiary/aromatic N) is 4. The van der Waals surface area contributed by atoms with Crippen LogP contribution in [0.4, 0.5) is 5.69 Å². The zero-order valence-electron chi connectivity index (χ0n) is 13.3. The number of hydrogen-bond donors (Lipinski definition) is 0. The first-order chi connectivity index (χ1) is 11.1. The van der Waals surface area contributed by atoms with Gasteiger partial charge in [0.05, 0.1) is 23.5 Å². The van der Waals surface area contributed by atoms with Gasteiger partial charge in [-0.25, -0.2) is 9.97 Å². The molecule has 2 aromatic rings. The second kappa shape index (κ2) is 6.17. The molecule has 0 radical (unpaired) electrons. The highest BCUT2D eigenvalue weighted by atomic mass is 16.1. The van der Waals surface area contributed by atoms with Crippen LogP contribution in [0.15, 0.2) is 24.4 Å². The molecular weight excluding hydrogens is 288 g/mol. The molecule has 1 aromatic heterocycles. The van der Waals surface area contributed by atoms with E-state index < -0.39 is 0 Å². The lowest BCUT2D eigenvalue weighted by Crippen LogP contribution is -2.32. The summed E-state index contributed by atoms with van der Waals surface area (Å²) in [5, 5.41) is 9.37. The second-order valence-electron chi connectivity index (χ2n) is 5.68. The van der Waals surface area contributed by atoms with Gasteiger partial charge in [0, 0.05) is 24.7 Å². The Morgan fingerprint density at radius 3 is 2.96 bits per heavy atom. The van der Waals surface area contributed by atoms with Crippen LogP contribution in [0.1, 0.15) is 46.9 Å². The quantitative estimate of drug-likeness (QED) is 0.815. The lowest BCUT2D eigenvalue weighted by molar-refractivity contribution is 0.101. The molecule has 5 heteroatoms. The maximum atomic E-state index is 11.6. The Kier molecular flexibility index (Phi) is 4.07. The van der Waals surface area contributed by atoms with Crippen molar-refractivity contribution in [2.75, 3.05) is 11.4 Å². The number of carbonyl (C=O) groups is 1. The molecule has 1 aliphatic heterocycles. The minimum atomic E-state index is 0.00347. The smallest absolute Gasteiger partial charge is 0.159 e. The molecule has 0 amide bonds. The fraction of sp³-hybridized carbons (Fsp3) is 0.333. The fourth-order valence-corrected chi connectivity index (χ4v) is 2.83. The van der Waals surface area contributed by atoms with Crippen molar-refractivity contribution in [2.45, 2.75) is 33.2 Å². The third-order valence-corrected chi connectivity index (χ3v) is 4.18. The molecule has 0 aliphatic carbocycles. The third kappa shape index (κ3) is 2.93. The standard InChI is InChI=1S/C18H18N4O/c1-3-18-20-10-15-6-7-22(11-16(15)21-18)17-8-13(12(2)23)4-5-14(17)9-19/h4-5,8,10H,3,6-7,11H2,1-2H3. The Hall–Kier alpha value is -2.74. The summed E-state index contributed by atoms with van der Waals surface area (Å²) in [6.45, 7) is 5.00. The summed E-state index contributed by atoms with van der Waals surface area (Å²) in [5.41, 5.74) is 4.20. The number of rotatable bonds is 3. The van der Waals surface area contributed by atoms with Crippen molar-refractivity contribution in [3.8, 4) is 6.07 Å². The van der Waals surface area contributed by atoms with Gasteiger partial charge in [0.25, 0.3) is 0 Å². The first-order valence-corrected chi connectivity index (χ1v) is 7.76. The SMILES string of the molecule is CCc1ncc2c(n1)CN(c1cc(C(C)=O)ccc1C#N)CC2. The van der Waals surface area contributed by atoms with Crippen LogP contribution in [0.25, 0.3) is 0 Å². The summed E-state index contributed by atoms with van der Waals surface area (Å²) in [6.07, 6.45) is 3.56. The summed E-state index contributed by atoms with van der Waals surface area (Å²) in [7, 11) is 0. The van der Waals surface area contributed by atoms with E-state index in [4.69, 9.17) is 0 Å². The molecule has 3 rings (SSSR count). The summed E-state index contributed by atoms with van der Waals surface area (Å²) in [4.78, 5) is 22.7. The summed E-state index contributed by atoms with van der Waals surface area (Å²) in [6, 6.07) is 7.46. The molecule has 116 valence electrons. The monoisotopic (exact) mass is 306 g/mol. The zero-order valence-corrected chi connectivity index (χ0v) is 13.3. The Bertz CT molecular complexity index is 807. The van der Waals surface area contributed by atoms with E-state index in [1.54, 1.807) is 12.1 Å². The fourth-order valence-electron chi connectivity index (χ4n) is 2.83. The number of aryl methyl sites for hydroxylation is 1. The summed E-state index contributed by atoms with van der Waals surface area (Å²) in [5.74, 6) is 0.840. The Morgan fingerprint density at radius 2 is 2.26 bits per heavy atom. The van der Waals surface area contributed by atoms with Gasteiger partial charge in [0.1, 0.15) is 11.9 Å². The van der Waals surface area contributed by atoms with Crippen molar-refractivity contribution < 1.29 is 4.79 Å². The van der Waals surface area contributed by atoms with Gasteiger partial charge in [0.2, 0.25) is 0 Å². The Labute approximate surface area is 135 Å². The highest BCUT2D eigenvalue weighted by Crippen LogP contribution is 2.27. The molecule has 0 unspecified atom stereocenters. The number of benzene rings is 1. The van der Waals surface area contributed by atoms with Crippen molar-refractivity contribution in [3.05, 3.63) is 52.6 Å². The van der Waals surface area contributed by atoms with Gasteiger partial charge in [-0.1, -0.05) is 6.92 Å². The van der Waals surface area contributed by atoms with Crippen molar-refractivity contribution in [3.63, 3.8) is 0 Å². The normalized spacial score (nSPS) is 13.3. The molecule has 1 aliphatic rings. The molecule has 5 nitrogen and oxygen atoms in total. The lowest BCUT2D eigenvalue weighted by atomic mass is 10.0. The molecule has 0 saturated carbocycles. The topological polar surface area (TPSA) is 69.9 Å². The van der Waals surface area contributed by atoms with Crippen LogP contribution in [0.5, 0.6) is 0 Å². The predicted octanol–water partition coefficient (Wildman–Crippen LogP) is 2.68. The van der Waals surface area contributed by atoms with Gasteiger partial charge in [-0.15, -0.1) is 0 Å². The van der Waals surface area contributed by atoms with Crippen molar-refractivity contribution in [2.24, 2.45) is 0 Å². The summed E-state index contributed by atoms with van der Waals surface area (Å²) < 4.78 is 0. The first kappa shape index (κ1) is 15.2. The van der Waals surface area contributed by atoms with Crippen LogP contribution in [-0.4, -0.2) is 22.3 Å². The Morgan fingerprint density at radius 1 is 1.43 bits per heavy atom. The number of anilines is 1. The predicted molar refractivity (Wildman–Crippen MR) is 87.3 cm³/mol. The van der Waals surface area contributed by atoms with Crippen molar-refractivity contribution >= 4 is 11.5 Å². The van der Waals surface area contributed by atoms with Crippen LogP contribution in [0, 0.1) is 11.3 Å². The Balaban J connectivity index is 1.98. The molecule has 0 N–H and O–H groups in total. The number of ketones is 1. The molecule has 1 aromatic carbocycles. The first-order valence-electron chi connectivity index (χ1n) is 7.76. The molecule has 0 fully saturated rings. The molecule has 23 heavy (non-hydrogen) atoms. The van der Waals surface area contributed by atoms with E-state index in [1.165, 1.54) is 12.5 Å². The molecule has 0 spiro atoms. The average molecular weight is 306 g/mol. The summed E-state index contributed by atoms with van der Waals surface area (Å²) >= 11 is 0. The molecule has 0 atom stereocenters. The van der Waals surface area contributed by atoms with Crippen molar-refractivity contribution in [1.82, 2.24) is 9.97 Å². The lowest BCUT2D eigenvalue weighted by Gasteiger charge is -2.30. The molecule has 2 heterocycles. The van der Waals surface area contributed by atoms with E-state index in [0.29, 0.717) is 17.7 Å². The largest absolute Gasteiger partial charge is 0.364 e. The zero-order chi connectivity index (χ0) is 16.4. The number of hydrogen-bond acceptors (Lipinski definition) is 5. The van der Waals surface area contributed by atoms with E-state index in [9.17, 15) is 10.1 Å². The number of carbonyl (C=O) groups excluding carboxylic acids is 1. The number of fused-ring (bicyclic) bond motifs is 1. The number of Topliss-reactive ketones (excluding diaryl/α,β-unsaturated/α-hetero) is 1. The van der Waals surface area contributed by atoms with Gasteiger partial charge >= 0.3 is 0 Å². The van der Waals surface area contributed by atoms with E-state index >= 15 is 0 Å². The highest BCUT2D eigenvalue weighted by molar-refractivity contribution is 5.95. The van der Waals surface area contributed by atoms with E-state index in [1.807, 2.05) is 19.2 Å². The van der Waals surface area contributed by atoms with Gasteiger partial charge < -0.3 is 4.90 Å². The molecule has 0 saturated heterocycles. The minimum absolute atomic E-state index is 0.00347. The van der Waals surface area contributed by atoms with Crippen molar-refractivity contribution in [1.29, 1.82) is 5.26 Å². The highest BCUT2D eigenvalue weighted by Gasteiger charge is 2.21. The maximum Gasteiger partial charge on any atom is 0.159 e. The van der Waals surface area contributed by atoms with Crippen LogP contribution in [0.3, 0.4) is 0 Å². The van der Waals surface area contributed by atoms with Gasteiger partial charge in [-0.3, -0.25) is 4.79 Å². The minimum Gasteiger partial charge on any atom is -0.364 e. The van der Waals surface area contributed by atoms with E-state index in [2.05, 4.69) is 20.9 Å².